The van der Waals surface area contributed by atoms with Crippen molar-refractivity contribution in [2.45, 2.75) is 27.2 Å². The highest BCUT2D eigenvalue weighted by Crippen LogP contribution is 2.38. The molecule has 0 aromatic heterocycles. The maximum absolute atomic E-state index is 13.7. The summed E-state index contributed by atoms with van der Waals surface area (Å²) in [6, 6.07) is 0. The van der Waals surface area contributed by atoms with Gasteiger partial charge in [-0.2, -0.15) is 0 Å². The Morgan fingerprint density at radius 3 is 2.62 bits per heavy atom. The van der Waals surface area contributed by atoms with Crippen LogP contribution >= 0.6 is 0 Å². The molecule has 1 unspecified atom stereocenters. The maximum atomic E-state index is 13.7. The van der Waals surface area contributed by atoms with Gasteiger partial charge in [0.1, 0.15) is 5.83 Å². The van der Waals surface area contributed by atoms with E-state index in [1.54, 1.807) is 6.92 Å². The molecular formula is C12H17FN2O. The fraction of sp³-hybridized carbons (Fsp3) is 0.500. The summed E-state index contributed by atoms with van der Waals surface area (Å²) in [6.45, 7) is 5.42. The van der Waals surface area contributed by atoms with Crippen LogP contribution in [0.3, 0.4) is 0 Å². The van der Waals surface area contributed by atoms with Crippen LogP contribution in [0, 0.1) is 16.7 Å². The van der Waals surface area contributed by atoms with Crippen molar-refractivity contribution < 1.29 is 9.18 Å². The first-order valence-corrected chi connectivity index (χ1v) is 5.18. The van der Waals surface area contributed by atoms with Gasteiger partial charge in [0.2, 0.25) is 0 Å². The van der Waals surface area contributed by atoms with Gasteiger partial charge in [-0.05, 0) is 18.4 Å². The largest absolute Gasteiger partial charge is 0.366 e. The molecule has 4 heteroatoms. The lowest BCUT2D eigenvalue weighted by molar-refractivity contribution is -0.114. The van der Waals surface area contributed by atoms with Crippen molar-refractivity contribution in [2.75, 3.05) is 0 Å². The first kappa shape index (κ1) is 12.6. The fourth-order valence-corrected chi connectivity index (χ4v) is 1.87. The van der Waals surface area contributed by atoms with Gasteiger partial charge in [0.25, 0.3) is 5.91 Å². The van der Waals surface area contributed by atoms with Gasteiger partial charge in [0, 0.05) is 18.1 Å². The summed E-state index contributed by atoms with van der Waals surface area (Å²) in [5, 5.41) is 7.32. The van der Waals surface area contributed by atoms with Gasteiger partial charge in [0.05, 0.1) is 5.57 Å². The van der Waals surface area contributed by atoms with Crippen LogP contribution in [0.15, 0.2) is 23.0 Å². The van der Waals surface area contributed by atoms with E-state index in [0.29, 0.717) is 5.57 Å². The minimum atomic E-state index is -0.725. The lowest BCUT2D eigenvalue weighted by Crippen LogP contribution is -2.28. The van der Waals surface area contributed by atoms with Gasteiger partial charge in [-0.3, -0.25) is 4.79 Å². The molecule has 0 bridgehead atoms. The SMILES string of the molecule is CC1=CC(C(C)(C)C=N)CC(F)=C1C(N)=O. The van der Waals surface area contributed by atoms with Crippen LogP contribution < -0.4 is 5.73 Å². The molecule has 0 aliphatic heterocycles. The molecule has 16 heavy (non-hydrogen) atoms. The molecule has 0 saturated heterocycles. The zero-order valence-electron chi connectivity index (χ0n) is 9.80. The zero-order valence-corrected chi connectivity index (χ0v) is 9.80. The number of primary amides is 1. The number of nitrogens with one attached hydrogen (secondary N) is 1. The van der Waals surface area contributed by atoms with Crippen molar-refractivity contribution in [3.63, 3.8) is 0 Å². The van der Waals surface area contributed by atoms with E-state index < -0.39 is 17.1 Å². The Morgan fingerprint density at radius 2 is 2.25 bits per heavy atom. The van der Waals surface area contributed by atoms with Crippen LogP contribution in [0.5, 0.6) is 0 Å². The van der Waals surface area contributed by atoms with E-state index in [0.717, 1.165) is 0 Å². The molecule has 0 saturated carbocycles. The van der Waals surface area contributed by atoms with Crippen molar-refractivity contribution in [3.8, 4) is 0 Å². The second-order valence-corrected chi connectivity index (χ2v) is 4.77. The third-order valence-electron chi connectivity index (χ3n) is 3.09. The van der Waals surface area contributed by atoms with Crippen LogP contribution in [0.2, 0.25) is 0 Å². The Hall–Kier alpha value is -1.45. The molecule has 1 aliphatic carbocycles. The molecule has 1 atom stereocenters. The van der Waals surface area contributed by atoms with E-state index in [-0.39, 0.29) is 17.9 Å². The number of amides is 1. The van der Waals surface area contributed by atoms with Crippen molar-refractivity contribution in [1.29, 1.82) is 5.41 Å². The summed E-state index contributed by atoms with van der Waals surface area (Å²) in [5.41, 5.74) is 5.26. The molecule has 3 N–H and O–H groups in total. The number of allylic oxidation sites excluding steroid dienone is 2. The lowest BCUT2D eigenvalue weighted by atomic mass is 9.74. The standard InChI is InChI=1S/C12H17FN2O/c1-7-4-8(12(2,3)6-14)5-9(13)10(7)11(15)16/h4,6,8,14H,5H2,1-3H3,(H2,15,16). The van der Waals surface area contributed by atoms with E-state index in [9.17, 15) is 9.18 Å². The fourth-order valence-electron chi connectivity index (χ4n) is 1.87. The number of hydrogen-bond donors (Lipinski definition) is 2. The van der Waals surface area contributed by atoms with Crippen molar-refractivity contribution in [2.24, 2.45) is 17.1 Å². The lowest BCUT2D eigenvalue weighted by Gasteiger charge is -2.31. The summed E-state index contributed by atoms with van der Waals surface area (Å²) >= 11 is 0. The first-order chi connectivity index (χ1) is 7.29. The summed E-state index contributed by atoms with van der Waals surface area (Å²) in [4.78, 5) is 11.0. The molecule has 3 nitrogen and oxygen atoms in total. The highest BCUT2D eigenvalue weighted by molar-refractivity contribution is 5.97. The Kier molecular flexibility index (Phi) is 3.31. The van der Waals surface area contributed by atoms with Gasteiger partial charge in [-0.25, -0.2) is 4.39 Å². The van der Waals surface area contributed by atoms with Crippen molar-refractivity contribution in [3.05, 3.63) is 23.0 Å². The summed E-state index contributed by atoms with van der Waals surface area (Å²) in [5.74, 6) is -1.29. The molecular weight excluding hydrogens is 207 g/mol. The van der Waals surface area contributed by atoms with Crippen LogP contribution in [0.1, 0.15) is 27.2 Å². The van der Waals surface area contributed by atoms with Gasteiger partial charge < -0.3 is 11.1 Å². The van der Waals surface area contributed by atoms with Crippen LogP contribution in [-0.4, -0.2) is 12.1 Å². The third kappa shape index (κ3) is 2.21. The van der Waals surface area contributed by atoms with E-state index in [4.69, 9.17) is 11.1 Å². The number of nitrogens with two attached hydrogens (primary N) is 1. The van der Waals surface area contributed by atoms with Crippen LogP contribution in [0.4, 0.5) is 4.39 Å². The second-order valence-electron chi connectivity index (χ2n) is 4.77. The van der Waals surface area contributed by atoms with Gasteiger partial charge in [-0.1, -0.05) is 19.9 Å². The summed E-state index contributed by atoms with van der Waals surface area (Å²) in [7, 11) is 0. The maximum Gasteiger partial charge on any atom is 0.251 e. The highest BCUT2D eigenvalue weighted by atomic mass is 19.1. The average Bonchev–Trinajstić information content (AvgIpc) is 2.15. The number of halogens is 1. The Morgan fingerprint density at radius 1 is 1.69 bits per heavy atom. The van der Waals surface area contributed by atoms with Crippen molar-refractivity contribution in [1.82, 2.24) is 0 Å². The molecule has 1 rings (SSSR count). The van der Waals surface area contributed by atoms with E-state index >= 15 is 0 Å². The predicted octanol–water partition coefficient (Wildman–Crippen LogP) is 2.34. The van der Waals surface area contributed by atoms with E-state index in [2.05, 4.69) is 0 Å². The van der Waals surface area contributed by atoms with Crippen LogP contribution in [-0.2, 0) is 4.79 Å². The summed E-state index contributed by atoms with van der Waals surface area (Å²) < 4.78 is 13.7. The Balaban J connectivity index is 3.08. The van der Waals surface area contributed by atoms with Crippen LogP contribution in [0.25, 0.3) is 0 Å². The predicted molar refractivity (Wildman–Crippen MR) is 61.8 cm³/mol. The number of rotatable bonds is 3. The molecule has 1 aliphatic rings. The third-order valence-corrected chi connectivity index (χ3v) is 3.09. The quantitative estimate of drug-likeness (QED) is 0.710. The van der Waals surface area contributed by atoms with Gasteiger partial charge in [0.15, 0.2) is 0 Å². The van der Waals surface area contributed by atoms with E-state index in [1.165, 1.54) is 6.21 Å². The monoisotopic (exact) mass is 224 g/mol. The van der Waals surface area contributed by atoms with Gasteiger partial charge in [-0.15, -0.1) is 0 Å². The normalized spacial score (nSPS) is 21.8. The number of carbonyl (C=O) groups is 1. The molecule has 88 valence electrons. The average molecular weight is 224 g/mol. The minimum absolute atomic E-state index is 0.00275. The number of hydrogen-bond acceptors (Lipinski definition) is 2. The highest BCUT2D eigenvalue weighted by Gasteiger charge is 2.32. The molecule has 0 radical (unpaired) electrons. The second kappa shape index (κ2) is 4.20. The Bertz CT molecular complexity index is 394. The molecule has 0 spiro atoms. The van der Waals surface area contributed by atoms with Gasteiger partial charge >= 0.3 is 0 Å². The summed E-state index contributed by atoms with van der Waals surface area (Å²) in [6.07, 6.45) is 3.27. The molecule has 0 fully saturated rings. The van der Waals surface area contributed by atoms with Crippen molar-refractivity contribution >= 4 is 12.1 Å². The molecule has 0 aromatic carbocycles. The zero-order chi connectivity index (χ0) is 12.5. The molecule has 1 amide bonds. The molecule has 0 aromatic rings. The topological polar surface area (TPSA) is 66.9 Å². The number of carbonyl (C=O) groups excluding carboxylic acids is 1. The smallest absolute Gasteiger partial charge is 0.251 e. The minimum Gasteiger partial charge on any atom is -0.366 e. The molecule has 0 heterocycles. The first-order valence-electron chi connectivity index (χ1n) is 5.18. The Labute approximate surface area is 94.7 Å². The van der Waals surface area contributed by atoms with E-state index in [1.807, 2.05) is 19.9 Å².